The van der Waals surface area contributed by atoms with Gasteiger partial charge in [0.25, 0.3) is 11.8 Å². The van der Waals surface area contributed by atoms with Crippen molar-refractivity contribution in [3.05, 3.63) is 41.1 Å². The number of nitrogens with zero attached hydrogens (tertiary/aromatic N) is 4. The summed E-state index contributed by atoms with van der Waals surface area (Å²) in [6.45, 7) is 2.42. The van der Waals surface area contributed by atoms with E-state index >= 15 is 0 Å². The highest BCUT2D eigenvalue weighted by atomic mass is 32.2. The minimum absolute atomic E-state index is 0.0246. The number of sulfonamides is 1. The minimum atomic E-state index is -3.67. The largest absolute Gasteiger partial charge is 0.390 e. The van der Waals surface area contributed by atoms with Gasteiger partial charge in [-0.05, 0) is 93.9 Å². The molecule has 0 saturated heterocycles. The number of carbonyl (C=O) groups is 2. The Balaban J connectivity index is 1.19. The number of rotatable bonds is 8. The lowest BCUT2D eigenvalue weighted by Crippen LogP contribution is -2.40. The number of anilines is 2. The van der Waals surface area contributed by atoms with Crippen molar-refractivity contribution in [2.45, 2.75) is 82.5 Å². The Bertz CT molecular complexity index is 1750. The normalized spacial score (nSPS) is 23.7. The minimum Gasteiger partial charge on any atom is -0.390 e. The van der Waals surface area contributed by atoms with Crippen LogP contribution in [-0.2, 0) is 16.6 Å². The summed E-state index contributed by atoms with van der Waals surface area (Å²) < 4.78 is 28.6. The molecule has 3 saturated carbocycles. The Morgan fingerprint density at radius 3 is 2.53 bits per heavy atom. The molecule has 12 nitrogen and oxygen atoms in total. The quantitative estimate of drug-likeness (QED) is 0.303. The van der Waals surface area contributed by atoms with Crippen molar-refractivity contribution in [2.75, 3.05) is 16.7 Å². The average molecular weight is 608 g/mol. The van der Waals surface area contributed by atoms with Crippen molar-refractivity contribution < 1.29 is 23.1 Å². The van der Waals surface area contributed by atoms with Crippen molar-refractivity contribution in [1.29, 1.82) is 0 Å². The second-order valence-corrected chi connectivity index (χ2v) is 14.7. The number of carbonyl (C=O) groups excluding carboxylic acids is 2. The zero-order valence-corrected chi connectivity index (χ0v) is 25.2. The topological polar surface area (TPSA) is 172 Å². The molecular formula is C30H37N7O5S. The van der Waals surface area contributed by atoms with Crippen LogP contribution in [-0.4, -0.2) is 68.8 Å². The van der Waals surface area contributed by atoms with Crippen LogP contribution in [0.15, 0.2) is 24.4 Å². The fourth-order valence-corrected chi connectivity index (χ4v) is 7.52. The van der Waals surface area contributed by atoms with Crippen LogP contribution in [0.1, 0.15) is 84.6 Å². The Hall–Kier alpha value is -3.71. The zero-order chi connectivity index (χ0) is 30.3. The highest BCUT2D eigenvalue weighted by Gasteiger charge is 2.48. The summed E-state index contributed by atoms with van der Waals surface area (Å²) in [5.41, 5.74) is 8.55. The lowest BCUT2D eigenvalue weighted by molar-refractivity contribution is 0.0541. The molecule has 13 heteroatoms. The zero-order valence-electron chi connectivity index (χ0n) is 24.3. The summed E-state index contributed by atoms with van der Waals surface area (Å²) in [5, 5.41) is 17.9. The summed E-state index contributed by atoms with van der Waals surface area (Å²) in [4.78, 5) is 33.5. The highest BCUT2D eigenvalue weighted by Crippen LogP contribution is 2.48. The molecule has 1 atom stereocenters. The lowest BCUT2D eigenvalue weighted by atomic mass is 9.81. The third-order valence-corrected chi connectivity index (χ3v) is 10.3. The average Bonchev–Trinajstić information content (AvgIpc) is 3.87. The maximum absolute atomic E-state index is 13.5. The van der Waals surface area contributed by atoms with Crippen LogP contribution >= 0.6 is 0 Å². The molecule has 1 aliphatic heterocycles. The van der Waals surface area contributed by atoms with Crippen LogP contribution in [0.5, 0.6) is 0 Å². The van der Waals surface area contributed by atoms with Gasteiger partial charge in [0.05, 0.1) is 28.8 Å². The van der Waals surface area contributed by atoms with Crippen LogP contribution in [0.3, 0.4) is 0 Å². The van der Waals surface area contributed by atoms with Gasteiger partial charge in [-0.3, -0.25) is 14.3 Å². The maximum Gasteiger partial charge on any atom is 0.259 e. The molecule has 43 heavy (non-hydrogen) atoms. The van der Waals surface area contributed by atoms with E-state index < -0.39 is 15.6 Å². The number of nitrogens with one attached hydrogen (secondary N) is 2. The molecular weight excluding hydrogens is 570 g/mol. The molecule has 7 rings (SSSR count). The van der Waals surface area contributed by atoms with Gasteiger partial charge in [0, 0.05) is 30.4 Å². The summed E-state index contributed by atoms with van der Waals surface area (Å²) in [7, 11) is -3.67. The van der Waals surface area contributed by atoms with Gasteiger partial charge in [0.15, 0.2) is 11.5 Å². The lowest BCUT2D eigenvalue weighted by Gasteiger charge is -2.32. The van der Waals surface area contributed by atoms with E-state index in [1.165, 1.54) is 4.52 Å². The molecule has 0 bridgehead atoms. The molecule has 228 valence electrons. The summed E-state index contributed by atoms with van der Waals surface area (Å²) in [5.74, 6) is 0.282. The highest BCUT2D eigenvalue weighted by molar-refractivity contribution is 7.92. The number of nitrogens with two attached hydrogens (primary N) is 1. The molecule has 3 aromatic rings. The molecule has 2 aromatic heterocycles. The van der Waals surface area contributed by atoms with E-state index in [0.29, 0.717) is 35.2 Å². The second-order valence-electron chi connectivity index (χ2n) is 12.9. The predicted molar refractivity (Wildman–Crippen MR) is 161 cm³/mol. The van der Waals surface area contributed by atoms with E-state index in [4.69, 9.17) is 10.7 Å². The molecule has 0 unspecified atom stereocenters. The van der Waals surface area contributed by atoms with Crippen molar-refractivity contribution in [3.8, 4) is 11.3 Å². The first-order chi connectivity index (χ1) is 20.4. The maximum atomic E-state index is 13.5. The predicted octanol–water partition coefficient (Wildman–Crippen LogP) is 2.92. The number of amides is 2. The first kappa shape index (κ1) is 28.1. The van der Waals surface area contributed by atoms with E-state index in [-0.39, 0.29) is 46.6 Å². The molecule has 5 N–H and O–H groups in total. The fourth-order valence-electron chi connectivity index (χ4n) is 6.96. The molecule has 1 aromatic carbocycles. The molecule has 0 radical (unpaired) electrons. The molecule has 0 spiro atoms. The van der Waals surface area contributed by atoms with Gasteiger partial charge < -0.3 is 21.1 Å². The Morgan fingerprint density at radius 2 is 1.88 bits per heavy atom. The number of hydrogen-bond acceptors (Lipinski definition) is 8. The third-order valence-electron chi connectivity index (χ3n) is 9.75. The van der Waals surface area contributed by atoms with E-state index in [1.54, 1.807) is 18.3 Å². The molecule has 4 aliphatic rings. The van der Waals surface area contributed by atoms with Crippen LogP contribution in [0.4, 0.5) is 11.5 Å². The molecule has 2 amide bonds. The Labute approximate surface area is 250 Å². The van der Waals surface area contributed by atoms with Crippen LogP contribution in [0, 0.1) is 11.8 Å². The van der Waals surface area contributed by atoms with Crippen molar-refractivity contribution in [1.82, 2.24) is 24.8 Å². The van der Waals surface area contributed by atoms with E-state index in [9.17, 15) is 23.1 Å². The third kappa shape index (κ3) is 5.22. The number of aliphatic hydroxyl groups is 1. The first-order valence-corrected chi connectivity index (χ1v) is 16.9. The monoisotopic (exact) mass is 607 g/mol. The van der Waals surface area contributed by atoms with Gasteiger partial charge in [0.1, 0.15) is 5.56 Å². The van der Waals surface area contributed by atoms with Gasteiger partial charge in [-0.15, -0.1) is 5.10 Å². The SMILES string of the molecule is C[C@@H](C1CC1)N1Cc2cc(-c3ccn4nc(N)c(C(=O)N[C@H]5CC[C@H](C6(O)CC6)CC5)c4n3)cc(NS(C)(=O)=O)c2C1=O. The van der Waals surface area contributed by atoms with Crippen molar-refractivity contribution >= 4 is 39.0 Å². The summed E-state index contributed by atoms with van der Waals surface area (Å²) in [6, 6.07) is 5.24. The molecule has 3 heterocycles. The first-order valence-electron chi connectivity index (χ1n) is 15.0. The van der Waals surface area contributed by atoms with Crippen molar-refractivity contribution in [2.24, 2.45) is 11.8 Å². The fraction of sp³-hybridized carbons (Fsp3) is 0.533. The van der Waals surface area contributed by atoms with E-state index in [0.717, 1.165) is 63.2 Å². The second kappa shape index (κ2) is 9.91. The number of nitrogen functional groups attached to an aromatic ring is 1. The molecule has 3 fully saturated rings. The Kier molecular flexibility index (Phi) is 6.47. The van der Waals surface area contributed by atoms with Gasteiger partial charge in [-0.1, -0.05) is 0 Å². The van der Waals surface area contributed by atoms with Crippen molar-refractivity contribution in [3.63, 3.8) is 0 Å². The van der Waals surface area contributed by atoms with Gasteiger partial charge in [-0.25, -0.2) is 17.9 Å². The van der Waals surface area contributed by atoms with Crippen LogP contribution in [0.2, 0.25) is 0 Å². The smallest absolute Gasteiger partial charge is 0.259 e. The Morgan fingerprint density at radius 1 is 1.16 bits per heavy atom. The summed E-state index contributed by atoms with van der Waals surface area (Å²) in [6.07, 6.45) is 9.94. The van der Waals surface area contributed by atoms with Crippen LogP contribution < -0.4 is 15.8 Å². The standard InChI is InChI=1S/C30H37N7O5S/c1-16(17-3-4-17)36-15-19-13-18(14-23(24(19)29(36)39)35-43(2,41)42)22-9-12-37-27(33-22)25(26(31)34-37)28(38)32-21-7-5-20(6-8-21)30(40)10-11-30/h9,12-14,16-17,20-21,35,40H,3-8,10-11,15H2,1-2H3,(H2,31,34)(H,32,38)/t16-,20-,21-/m0/s1. The van der Waals surface area contributed by atoms with Gasteiger partial charge >= 0.3 is 0 Å². The number of hydrogen-bond donors (Lipinski definition) is 4. The molecule has 3 aliphatic carbocycles. The van der Waals surface area contributed by atoms with Crippen LogP contribution in [0.25, 0.3) is 16.9 Å². The number of fused-ring (bicyclic) bond motifs is 2. The number of benzene rings is 1. The van der Waals surface area contributed by atoms with E-state index in [1.807, 2.05) is 17.9 Å². The van der Waals surface area contributed by atoms with Gasteiger partial charge in [-0.2, -0.15) is 0 Å². The van der Waals surface area contributed by atoms with Gasteiger partial charge in [0.2, 0.25) is 10.0 Å². The summed E-state index contributed by atoms with van der Waals surface area (Å²) >= 11 is 0. The van der Waals surface area contributed by atoms with E-state index in [2.05, 4.69) is 15.1 Å². The number of aromatic nitrogens is 3.